The van der Waals surface area contributed by atoms with Crippen molar-refractivity contribution < 1.29 is 9.53 Å². The summed E-state index contributed by atoms with van der Waals surface area (Å²) in [6.45, 7) is 3.83. The lowest BCUT2D eigenvalue weighted by molar-refractivity contribution is -0.150. The first kappa shape index (κ1) is 14.1. The molecule has 0 unspecified atom stereocenters. The molecule has 4 rings (SSSR count). The third-order valence-corrected chi connectivity index (χ3v) is 5.24. The molecule has 1 aromatic carbocycles. The highest BCUT2D eigenvalue weighted by atomic mass is 35.5. The summed E-state index contributed by atoms with van der Waals surface area (Å²) in [5.74, 6) is 0.189. The molecule has 0 N–H and O–H groups in total. The van der Waals surface area contributed by atoms with Crippen LogP contribution in [0.25, 0.3) is 10.9 Å². The van der Waals surface area contributed by atoms with Gasteiger partial charge < -0.3 is 14.2 Å². The van der Waals surface area contributed by atoms with Gasteiger partial charge in [0.05, 0.1) is 0 Å². The summed E-state index contributed by atoms with van der Waals surface area (Å²) in [6.07, 6.45) is 4.13. The maximum absolute atomic E-state index is 12.5. The van der Waals surface area contributed by atoms with Crippen molar-refractivity contribution in [2.45, 2.75) is 19.4 Å². The van der Waals surface area contributed by atoms with Crippen molar-refractivity contribution in [1.29, 1.82) is 0 Å². The van der Waals surface area contributed by atoms with Gasteiger partial charge in [-0.3, -0.25) is 4.79 Å². The van der Waals surface area contributed by atoms with E-state index in [1.165, 1.54) is 0 Å². The van der Waals surface area contributed by atoms with Gasteiger partial charge in [-0.2, -0.15) is 0 Å². The summed E-state index contributed by atoms with van der Waals surface area (Å²) in [6, 6.07) is 7.80. The average molecular weight is 319 g/mol. The fourth-order valence-electron chi connectivity index (χ4n) is 3.60. The second-order valence-corrected chi connectivity index (χ2v) is 6.95. The number of likely N-dealkylation sites (tertiary alicyclic amines) is 1. The van der Waals surface area contributed by atoms with E-state index in [-0.39, 0.29) is 5.91 Å². The van der Waals surface area contributed by atoms with Crippen LogP contribution in [0.4, 0.5) is 0 Å². The van der Waals surface area contributed by atoms with Crippen molar-refractivity contribution in [2.24, 2.45) is 5.41 Å². The lowest BCUT2D eigenvalue weighted by Gasteiger charge is -2.52. The lowest BCUT2D eigenvalue weighted by atomic mass is 9.73. The molecular weight excluding hydrogens is 300 g/mol. The topological polar surface area (TPSA) is 34.5 Å². The van der Waals surface area contributed by atoms with Crippen LogP contribution in [0, 0.1) is 5.41 Å². The van der Waals surface area contributed by atoms with Gasteiger partial charge in [0.2, 0.25) is 5.91 Å². The second-order valence-electron chi connectivity index (χ2n) is 6.51. The van der Waals surface area contributed by atoms with Gasteiger partial charge >= 0.3 is 0 Å². The maximum atomic E-state index is 12.5. The Bertz CT molecular complexity index is 711. The molecular formula is C17H19ClN2O2. The highest BCUT2D eigenvalue weighted by Crippen LogP contribution is 2.39. The Balaban J connectivity index is 1.45. The first-order valence-electron chi connectivity index (χ1n) is 7.75. The first-order chi connectivity index (χ1) is 10.7. The molecule has 0 bridgehead atoms. The molecule has 116 valence electrons. The van der Waals surface area contributed by atoms with Gasteiger partial charge in [0.1, 0.15) is 6.54 Å². The number of carbonyl (C=O) groups is 1. The predicted octanol–water partition coefficient (Wildman–Crippen LogP) is 2.93. The number of nitrogens with zero attached hydrogens (tertiary/aromatic N) is 2. The highest BCUT2D eigenvalue weighted by Gasteiger charge is 2.45. The fourth-order valence-corrected chi connectivity index (χ4v) is 3.77. The molecule has 1 aromatic heterocycles. The molecule has 0 atom stereocenters. The Hall–Kier alpha value is -1.52. The van der Waals surface area contributed by atoms with E-state index < -0.39 is 0 Å². The molecule has 3 heterocycles. The summed E-state index contributed by atoms with van der Waals surface area (Å²) in [4.78, 5) is 14.5. The third-order valence-electron chi connectivity index (χ3n) is 5.00. The molecule has 22 heavy (non-hydrogen) atoms. The molecule has 0 radical (unpaired) electrons. The van der Waals surface area contributed by atoms with Crippen molar-refractivity contribution in [3.63, 3.8) is 0 Å². The monoisotopic (exact) mass is 318 g/mol. The highest BCUT2D eigenvalue weighted by molar-refractivity contribution is 6.31. The van der Waals surface area contributed by atoms with Gasteiger partial charge in [-0.1, -0.05) is 17.7 Å². The van der Waals surface area contributed by atoms with E-state index in [9.17, 15) is 4.79 Å². The van der Waals surface area contributed by atoms with Gasteiger partial charge in [0.15, 0.2) is 0 Å². The second kappa shape index (κ2) is 5.28. The van der Waals surface area contributed by atoms with Crippen molar-refractivity contribution in [1.82, 2.24) is 9.47 Å². The number of carbonyl (C=O) groups excluding carboxylic acids is 1. The number of fused-ring (bicyclic) bond motifs is 1. The van der Waals surface area contributed by atoms with Crippen LogP contribution >= 0.6 is 11.6 Å². The normalized spacial score (nSPS) is 20.3. The minimum Gasteiger partial charge on any atom is -0.381 e. The standard InChI is InChI=1S/C17H19ClN2O2/c18-14-2-1-13-3-6-19(15(13)9-14)10-16(21)20-11-17(12-20)4-7-22-8-5-17/h1-3,6,9H,4-5,7-8,10-12H2. The van der Waals surface area contributed by atoms with Crippen LogP contribution in [0.5, 0.6) is 0 Å². The van der Waals surface area contributed by atoms with Crippen LogP contribution in [0.2, 0.25) is 5.02 Å². The van der Waals surface area contributed by atoms with Crippen molar-refractivity contribution in [2.75, 3.05) is 26.3 Å². The molecule has 0 aliphatic carbocycles. The largest absolute Gasteiger partial charge is 0.381 e. The summed E-state index contributed by atoms with van der Waals surface area (Å²) in [5, 5.41) is 1.81. The molecule has 2 saturated heterocycles. The van der Waals surface area contributed by atoms with Crippen LogP contribution in [-0.4, -0.2) is 41.7 Å². The summed E-state index contributed by atoms with van der Waals surface area (Å²) >= 11 is 6.06. The molecule has 1 spiro atoms. The minimum atomic E-state index is 0.189. The molecule has 2 aromatic rings. The zero-order valence-corrected chi connectivity index (χ0v) is 13.2. The number of rotatable bonds is 2. The van der Waals surface area contributed by atoms with E-state index >= 15 is 0 Å². The quantitative estimate of drug-likeness (QED) is 0.853. The fraction of sp³-hybridized carbons (Fsp3) is 0.471. The van der Waals surface area contributed by atoms with Gasteiger partial charge in [-0.25, -0.2) is 0 Å². The Kier molecular flexibility index (Phi) is 3.39. The van der Waals surface area contributed by atoms with Crippen LogP contribution in [0.3, 0.4) is 0 Å². The van der Waals surface area contributed by atoms with E-state index in [4.69, 9.17) is 16.3 Å². The van der Waals surface area contributed by atoms with E-state index in [2.05, 4.69) is 0 Å². The number of hydrogen-bond donors (Lipinski definition) is 0. The third kappa shape index (κ3) is 2.40. The van der Waals surface area contributed by atoms with Gasteiger partial charge in [0, 0.05) is 48.5 Å². The van der Waals surface area contributed by atoms with Crippen LogP contribution in [0.1, 0.15) is 12.8 Å². The average Bonchev–Trinajstić information content (AvgIpc) is 2.88. The van der Waals surface area contributed by atoms with Crippen molar-refractivity contribution in [3.05, 3.63) is 35.5 Å². The smallest absolute Gasteiger partial charge is 0.242 e. The number of ether oxygens (including phenoxy) is 1. The number of hydrogen-bond acceptors (Lipinski definition) is 2. The minimum absolute atomic E-state index is 0.189. The number of benzene rings is 1. The SMILES string of the molecule is O=C(Cn1ccc2ccc(Cl)cc21)N1CC2(CCOCC2)C1. The predicted molar refractivity (Wildman–Crippen MR) is 86.0 cm³/mol. The Labute approximate surface area is 134 Å². The molecule has 2 aliphatic rings. The summed E-state index contributed by atoms with van der Waals surface area (Å²) in [7, 11) is 0. The summed E-state index contributed by atoms with van der Waals surface area (Å²) < 4.78 is 7.41. The zero-order chi connectivity index (χ0) is 15.2. The van der Waals surface area contributed by atoms with Gasteiger partial charge in [-0.05, 0) is 36.4 Å². The van der Waals surface area contributed by atoms with Crippen LogP contribution < -0.4 is 0 Å². The molecule has 5 heteroatoms. The number of halogens is 1. The Morgan fingerprint density at radius 1 is 1.23 bits per heavy atom. The van der Waals surface area contributed by atoms with E-state index in [1.54, 1.807) is 0 Å². The summed E-state index contributed by atoms with van der Waals surface area (Å²) in [5.41, 5.74) is 1.35. The van der Waals surface area contributed by atoms with E-state index in [0.29, 0.717) is 17.0 Å². The molecule has 2 aliphatic heterocycles. The first-order valence-corrected chi connectivity index (χ1v) is 8.13. The maximum Gasteiger partial charge on any atom is 0.242 e. The van der Waals surface area contributed by atoms with Crippen molar-refractivity contribution in [3.8, 4) is 0 Å². The molecule has 4 nitrogen and oxygen atoms in total. The molecule has 1 amide bonds. The van der Waals surface area contributed by atoms with Gasteiger partial charge in [0.25, 0.3) is 0 Å². The van der Waals surface area contributed by atoms with E-state index in [1.807, 2.05) is 39.9 Å². The van der Waals surface area contributed by atoms with Crippen LogP contribution in [0.15, 0.2) is 30.5 Å². The zero-order valence-electron chi connectivity index (χ0n) is 12.4. The number of amides is 1. The van der Waals surface area contributed by atoms with E-state index in [0.717, 1.165) is 50.0 Å². The van der Waals surface area contributed by atoms with Crippen LogP contribution in [-0.2, 0) is 16.1 Å². The molecule has 0 saturated carbocycles. The number of aromatic nitrogens is 1. The lowest BCUT2D eigenvalue weighted by Crippen LogP contribution is -2.60. The van der Waals surface area contributed by atoms with Gasteiger partial charge in [-0.15, -0.1) is 0 Å². The Morgan fingerprint density at radius 2 is 2.00 bits per heavy atom. The Morgan fingerprint density at radius 3 is 2.77 bits per heavy atom. The van der Waals surface area contributed by atoms with Crippen molar-refractivity contribution >= 4 is 28.4 Å². The molecule has 2 fully saturated rings.